The van der Waals surface area contributed by atoms with Crippen molar-refractivity contribution in [3.63, 3.8) is 0 Å². The number of nitrogens with one attached hydrogen (secondary N) is 1. The Bertz CT molecular complexity index is 1060. The van der Waals surface area contributed by atoms with Crippen LogP contribution in [-0.4, -0.2) is 77.5 Å². The topological polar surface area (TPSA) is 97.6 Å². The number of methoxy groups -OCH3 is 2. The zero-order chi connectivity index (χ0) is 23.2. The summed E-state index contributed by atoms with van der Waals surface area (Å²) < 4.78 is 12.3. The van der Waals surface area contributed by atoms with Gasteiger partial charge in [-0.3, -0.25) is 9.69 Å². The fourth-order valence-electron chi connectivity index (χ4n) is 3.92. The molecule has 0 radical (unpaired) electrons. The molecule has 2 heterocycles. The number of anilines is 1. The lowest BCUT2D eigenvalue weighted by atomic mass is 10.1. The van der Waals surface area contributed by atoms with E-state index in [-0.39, 0.29) is 11.9 Å². The molecule has 0 aliphatic carbocycles. The lowest BCUT2D eigenvalue weighted by Gasteiger charge is -2.37. The number of piperazine rings is 1. The second-order valence-corrected chi connectivity index (χ2v) is 7.83. The number of rotatable bonds is 8. The highest BCUT2D eigenvalue weighted by molar-refractivity contribution is 5.81. The summed E-state index contributed by atoms with van der Waals surface area (Å²) in [5.41, 5.74) is 1.87. The van der Waals surface area contributed by atoms with Gasteiger partial charge < -0.3 is 19.7 Å². The number of aromatic nitrogens is 4. The highest BCUT2D eigenvalue weighted by Gasteiger charge is 2.27. The Morgan fingerprint density at radius 1 is 1.03 bits per heavy atom. The van der Waals surface area contributed by atoms with Gasteiger partial charge in [0.25, 0.3) is 0 Å². The molecule has 10 heteroatoms. The molecule has 0 spiro atoms. The number of hydrogen-bond donors (Lipinski definition) is 1. The lowest BCUT2D eigenvalue weighted by molar-refractivity contribution is -0.126. The molecule has 1 fully saturated rings. The van der Waals surface area contributed by atoms with Gasteiger partial charge in [-0.15, -0.1) is 0 Å². The third-order valence-corrected chi connectivity index (χ3v) is 5.89. The van der Waals surface area contributed by atoms with Crippen molar-refractivity contribution in [2.45, 2.75) is 19.5 Å². The Balaban J connectivity index is 1.31. The molecular formula is C23H29N7O3. The maximum Gasteiger partial charge on any atom is 0.250 e. The molecule has 2 aromatic carbocycles. The summed E-state index contributed by atoms with van der Waals surface area (Å²) in [5, 5.41) is 15.2. The minimum Gasteiger partial charge on any atom is -0.493 e. The van der Waals surface area contributed by atoms with Crippen LogP contribution >= 0.6 is 0 Å². The SMILES string of the molecule is COc1ccc(CNC(=O)C(C)N2CCN(c3nnnn3-c3ccccc3)CC2)cc1OC. The van der Waals surface area contributed by atoms with Crippen LogP contribution < -0.4 is 19.7 Å². The molecule has 1 unspecified atom stereocenters. The number of benzene rings is 2. The minimum absolute atomic E-state index is 0.00708. The first kappa shape index (κ1) is 22.5. The van der Waals surface area contributed by atoms with Gasteiger partial charge in [0.05, 0.1) is 25.9 Å². The van der Waals surface area contributed by atoms with Crippen molar-refractivity contribution in [1.82, 2.24) is 30.4 Å². The van der Waals surface area contributed by atoms with E-state index in [1.165, 1.54) is 0 Å². The lowest BCUT2D eigenvalue weighted by Crippen LogP contribution is -2.54. The molecule has 174 valence electrons. The standard InChI is InChI=1S/C23H29N7O3/c1-17(22(31)24-16-18-9-10-20(32-2)21(15-18)33-3)28-11-13-29(14-12-28)23-25-26-27-30(23)19-7-5-4-6-8-19/h4-10,15,17H,11-14,16H2,1-3H3,(H,24,31). The molecule has 1 N–H and O–H groups in total. The molecule has 0 bridgehead atoms. The van der Waals surface area contributed by atoms with E-state index < -0.39 is 0 Å². The van der Waals surface area contributed by atoms with Crippen LogP contribution in [0.15, 0.2) is 48.5 Å². The van der Waals surface area contributed by atoms with Crippen LogP contribution in [0.2, 0.25) is 0 Å². The second-order valence-electron chi connectivity index (χ2n) is 7.83. The van der Waals surface area contributed by atoms with Gasteiger partial charge in [-0.25, -0.2) is 0 Å². The van der Waals surface area contributed by atoms with Crippen molar-refractivity contribution in [1.29, 1.82) is 0 Å². The van der Waals surface area contributed by atoms with Crippen LogP contribution in [0.5, 0.6) is 11.5 Å². The van der Waals surface area contributed by atoms with Gasteiger partial charge in [0, 0.05) is 32.7 Å². The smallest absolute Gasteiger partial charge is 0.250 e. The quantitative estimate of drug-likeness (QED) is 0.550. The van der Waals surface area contributed by atoms with Gasteiger partial charge in [-0.2, -0.15) is 4.68 Å². The van der Waals surface area contributed by atoms with Gasteiger partial charge >= 0.3 is 0 Å². The summed E-state index contributed by atoms with van der Waals surface area (Å²) >= 11 is 0. The Morgan fingerprint density at radius 2 is 1.76 bits per heavy atom. The van der Waals surface area contributed by atoms with Crippen LogP contribution in [0, 0.1) is 0 Å². The number of ether oxygens (including phenoxy) is 2. The van der Waals surface area contributed by atoms with Crippen molar-refractivity contribution in [3.05, 3.63) is 54.1 Å². The fraction of sp³-hybridized carbons (Fsp3) is 0.391. The summed E-state index contributed by atoms with van der Waals surface area (Å²) in [6.07, 6.45) is 0. The van der Waals surface area contributed by atoms with Gasteiger partial charge in [0.15, 0.2) is 11.5 Å². The molecule has 1 amide bonds. The monoisotopic (exact) mass is 451 g/mol. The van der Waals surface area contributed by atoms with Gasteiger partial charge in [-0.1, -0.05) is 29.4 Å². The Labute approximate surface area is 193 Å². The molecule has 1 aliphatic rings. The van der Waals surface area contributed by atoms with E-state index in [9.17, 15) is 4.79 Å². The molecule has 0 saturated carbocycles. The first-order valence-electron chi connectivity index (χ1n) is 10.9. The van der Waals surface area contributed by atoms with Crippen molar-refractivity contribution >= 4 is 11.9 Å². The van der Waals surface area contributed by atoms with Crippen molar-refractivity contribution in [3.8, 4) is 17.2 Å². The third-order valence-electron chi connectivity index (χ3n) is 5.89. The number of carbonyl (C=O) groups is 1. The van der Waals surface area contributed by atoms with E-state index in [1.807, 2.05) is 55.5 Å². The van der Waals surface area contributed by atoms with Gasteiger partial charge in [0.2, 0.25) is 11.9 Å². The maximum atomic E-state index is 12.8. The Morgan fingerprint density at radius 3 is 2.45 bits per heavy atom. The zero-order valence-electron chi connectivity index (χ0n) is 19.1. The summed E-state index contributed by atoms with van der Waals surface area (Å²) in [6, 6.07) is 15.2. The number of amides is 1. The van der Waals surface area contributed by atoms with Crippen molar-refractivity contribution in [2.75, 3.05) is 45.3 Å². The Hall–Kier alpha value is -3.66. The molecule has 10 nitrogen and oxygen atoms in total. The van der Waals surface area contributed by atoms with Gasteiger partial charge in [-0.05, 0) is 47.2 Å². The van der Waals surface area contributed by atoms with Crippen molar-refractivity contribution in [2.24, 2.45) is 0 Å². The van der Waals surface area contributed by atoms with E-state index in [4.69, 9.17) is 9.47 Å². The first-order valence-corrected chi connectivity index (χ1v) is 10.9. The second kappa shape index (κ2) is 10.3. The number of carbonyl (C=O) groups excluding carboxylic acids is 1. The third kappa shape index (κ3) is 5.06. The van der Waals surface area contributed by atoms with Crippen LogP contribution in [0.1, 0.15) is 12.5 Å². The Kier molecular flexibility index (Phi) is 7.04. The highest BCUT2D eigenvalue weighted by atomic mass is 16.5. The summed E-state index contributed by atoms with van der Waals surface area (Å²) in [5.74, 6) is 2.02. The number of hydrogen-bond acceptors (Lipinski definition) is 8. The molecule has 33 heavy (non-hydrogen) atoms. The van der Waals surface area contributed by atoms with E-state index in [0.29, 0.717) is 24.0 Å². The first-order chi connectivity index (χ1) is 16.1. The maximum absolute atomic E-state index is 12.8. The predicted molar refractivity (Wildman–Crippen MR) is 124 cm³/mol. The largest absolute Gasteiger partial charge is 0.493 e. The fourth-order valence-corrected chi connectivity index (χ4v) is 3.92. The molecule has 1 aromatic heterocycles. The predicted octanol–water partition coefficient (Wildman–Crippen LogP) is 1.51. The molecule has 1 atom stereocenters. The molecule has 1 aliphatic heterocycles. The van der Waals surface area contributed by atoms with Gasteiger partial charge in [0.1, 0.15) is 0 Å². The minimum atomic E-state index is -0.239. The van der Waals surface area contributed by atoms with Crippen LogP contribution in [-0.2, 0) is 11.3 Å². The summed E-state index contributed by atoms with van der Waals surface area (Å²) in [7, 11) is 3.20. The number of nitrogens with zero attached hydrogens (tertiary/aromatic N) is 6. The zero-order valence-corrected chi connectivity index (χ0v) is 19.1. The molecule has 4 rings (SSSR count). The average molecular weight is 452 g/mol. The molecule has 3 aromatic rings. The normalized spacial score (nSPS) is 15.2. The van der Waals surface area contributed by atoms with E-state index in [1.54, 1.807) is 18.9 Å². The summed E-state index contributed by atoms with van der Waals surface area (Å²) in [6.45, 7) is 5.32. The molecule has 1 saturated heterocycles. The summed E-state index contributed by atoms with van der Waals surface area (Å²) in [4.78, 5) is 17.1. The van der Waals surface area contributed by atoms with E-state index in [2.05, 4.69) is 30.6 Å². The van der Waals surface area contributed by atoms with Crippen LogP contribution in [0.25, 0.3) is 5.69 Å². The van der Waals surface area contributed by atoms with Crippen molar-refractivity contribution < 1.29 is 14.3 Å². The van der Waals surface area contributed by atoms with Crippen LogP contribution in [0.3, 0.4) is 0 Å². The number of para-hydroxylation sites is 1. The number of tetrazole rings is 1. The molecular weight excluding hydrogens is 422 g/mol. The van der Waals surface area contributed by atoms with E-state index >= 15 is 0 Å². The van der Waals surface area contributed by atoms with E-state index in [0.717, 1.165) is 37.4 Å². The average Bonchev–Trinajstić information content (AvgIpc) is 3.37. The van der Waals surface area contributed by atoms with Crippen LogP contribution in [0.4, 0.5) is 5.95 Å². The highest BCUT2D eigenvalue weighted by Crippen LogP contribution is 2.27.